The van der Waals surface area contributed by atoms with Gasteiger partial charge in [0.05, 0.1) is 10.2 Å². The van der Waals surface area contributed by atoms with Crippen LogP contribution < -0.4 is 0 Å². The highest BCUT2D eigenvalue weighted by molar-refractivity contribution is 6.49. The Kier molecular flexibility index (Phi) is 2.48. The molecular formula is CH4NOSi. The molecule has 3 heteroatoms. The van der Waals surface area contributed by atoms with Gasteiger partial charge in [-0.05, 0) is 0 Å². The highest BCUT2D eigenvalue weighted by atomic mass is 28.1. The molecule has 0 bridgehead atoms. The fraction of sp³-hybridized carbons (Fsp3) is 0. The van der Waals surface area contributed by atoms with Crippen LogP contribution in [-0.4, -0.2) is 21.3 Å². The summed E-state index contributed by atoms with van der Waals surface area (Å²) in [5, 5.41) is 10.1. The van der Waals surface area contributed by atoms with Gasteiger partial charge in [-0.1, -0.05) is 0 Å². The zero-order chi connectivity index (χ0) is 3.41. The molecule has 0 aromatic heterocycles. The van der Waals surface area contributed by atoms with Crippen LogP contribution in [0.25, 0.3) is 0 Å². The van der Waals surface area contributed by atoms with Crippen molar-refractivity contribution in [2.75, 3.05) is 0 Å². The lowest BCUT2D eigenvalue weighted by Gasteiger charge is -1.53. The Labute approximate surface area is 27.6 Å². The number of nitrogens with zero attached hydrogens (tertiary/aromatic N) is 1. The molecule has 0 spiro atoms. The van der Waals surface area contributed by atoms with E-state index < -0.39 is 0 Å². The van der Waals surface area contributed by atoms with Crippen LogP contribution >= 0.6 is 0 Å². The number of oxime groups is 1. The maximum absolute atomic E-state index is 7.45. The van der Waals surface area contributed by atoms with Gasteiger partial charge in [0.2, 0.25) is 0 Å². The molecule has 0 aliphatic heterocycles. The third kappa shape index (κ3) is 1.69. The van der Waals surface area contributed by atoms with Crippen molar-refractivity contribution < 1.29 is 5.21 Å². The third-order valence-corrected chi connectivity index (χ3v) is 0.245. The summed E-state index contributed by atoms with van der Waals surface area (Å²) in [5.41, 5.74) is 0. The normalized spacial score (nSPS) is 9.25. The van der Waals surface area contributed by atoms with Gasteiger partial charge in [0.1, 0.15) is 0 Å². The van der Waals surface area contributed by atoms with Gasteiger partial charge in [-0.25, -0.2) is 0 Å². The van der Waals surface area contributed by atoms with E-state index in [1.807, 2.05) is 0 Å². The Morgan fingerprint density at radius 2 is 2.25 bits per heavy atom. The van der Waals surface area contributed by atoms with Gasteiger partial charge in [0.25, 0.3) is 0 Å². The van der Waals surface area contributed by atoms with Crippen molar-refractivity contribution in [2.24, 2.45) is 5.16 Å². The lowest BCUT2D eigenvalue weighted by molar-refractivity contribution is 0.323. The second-order valence-corrected chi connectivity index (χ2v) is 0.663. The predicted molar refractivity (Wildman–Crippen MR) is 18.8 cm³/mol. The van der Waals surface area contributed by atoms with E-state index in [2.05, 4.69) is 5.16 Å². The zero-order valence-corrected chi connectivity index (χ0v) is 3.59. The summed E-state index contributed by atoms with van der Waals surface area (Å²) in [4.78, 5) is 0. The van der Waals surface area contributed by atoms with Crippen molar-refractivity contribution in [1.29, 1.82) is 0 Å². The van der Waals surface area contributed by atoms with E-state index in [-0.39, 0.29) is 0 Å². The zero-order valence-electron chi connectivity index (χ0n) is 2.18. The van der Waals surface area contributed by atoms with Crippen molar-refractivity contribution in [3.63, 3.8) is 0 Å². The highest BCUT2D eigenvalue weighted by Crippen LogP contribution is 1.31. The summed E-state index contributed by atoms with van der Waals surface area (Å²) >= 11 is 0. The second-order valence-electron chi connectivity index (χ2n) is 0.298. The molecule has 0 aromatic rings. The molecule has 0 saturated carbocycles. The van der Waals surface area contributed by atoms with Crippen LogP contribution in [0.3, 0.4) is 0 Å². The first-order valence-electron chi connectivity index (χ1n) is 0.866. The van der Waals surface area contributed by atoms with Gasteiger partial charge in [-0.3, -0.25) is 0 Å². The van der Waals surface area contributed by atoms with E-state index in [0.717, 1.165) is 0 Å². The van der Waals surface area contributed by atoms with Gasteiger partial charge in [0.15, 0.2) is 0 Å². The van der Waals surface area contributed by atoms with Crippen molar-refractivity contribution in [3.05, 3.63) is 0 Å². The van der Waals surface area contributed by atoms with Crippen LogP contribution in [0, 0.1) is 0 Å². The largest absolute Gasteiger partial charge is 0.411 e. The summed E-state index contributed by atoms with van der Waals surface area (Å²) in [6.07, 6.45) is 0. The van der Waals surface area contributed by atoms with Crippen LogP contribution in [0.2, 0.25) is 0 Å². The van der Waals surface area contributed by atoms with Gasteiger partial charge in [-0.2, -0.15) is 0 Å². The van der Waals surface area contributed by atoms with Crippen LogP contribution in [0.5, 0.6) is 0 Å². The molecule has 0 saturated heterocycles. The molecule has 0 aliphatic rings. The molecule has 0 atom stereocenters. The minimum absolute atomic E-state index is 1.33. The lowest BCUT2D eigenvalue weighted by atomic mass is 11.7. The van der Waals surface area contributed by atoms with E-state index in [1.165, 1.54) is 16.1 Å². The topological polar surface area (TPSA) is 32.6 Å². The Bertz CT molecular complexity index is 23.2. The standard InChI is InChI=1S/CH4NOSi/c3-2-1-4/h1,3H,4H2. The molecule has 0 aliphatic carbocycles. The molecule has 0 fully saturated rings. The molecule has 1 radical (unpaired) electrons. The van der Waals surface area contributed by atoms with Crippen LogP contribution in [-0.2, 0) is 0 Å². The molecular weight excluding hydrogens is 70.1 g/mol. The lowest BCUT2D eigenvalue weighted by Crippen LogP contribution is -1.59. The monoisotopic (exact) mass is 74.0 g/mol. The molecule has 4 heavy (non-hydrogen) atoms. The van der Waals surface area contributed by atoms with E-state index in [9.17, 15) is 0 Å². The second kappa shape index (κ2) is 2.69. The summed E-state index contributed by atoms with van der Waals surface area (Å²) in [6.45, 7) is 0. The van der Waals surface area contributed by atoms with E-state index in [4.69, 9.17) is 5.21 Å². The van der Waals surface area contributed by atoms with E-state index in [0.29, 0.717) is 0 Å². The number of hydrogen-bond donors (Lipinski definition) is 1. The summed E-state index contributed by atoms with van der Waals surface area (Å²) in [7, 11) is 1.48. The minimum atomic E-state index is 1.33. The van der Waals surface area contributed by atoms with Gasteiger partial charge in [0, 0.05) is 5.84 Å². The quantitative estimate of drug-likeness (QED) is 0.171. The predicted octanol–water partition coefficient (Wildman–Crippen LogP) is -0.963. The maximum atomic E-state index is 7.45. The third-order valence-electron chi connectivity index (χ3n) is 0.0816. The molecule has 0 aromatic carbocycles. The first-order chi connectivity index (χ1) is 1.91. The average molecular weight is 74.1 g/mol. The molecule has 0 heterocycles. The Hall–Kier alpha value is -0.313. The summed E-state index contributed by atoms with van der Waals surface area (Å²) in [5.74, 6) is 1.33. The Morgan fingerprint density at radius 3 is 2.25 bits per heavy atom. The summed E-state index contributed by atoms with van der Waals surface area (Å²) < 4.78 is 0. The maximum Gasteiger partial charge on any atom is 0.0673 e. The van der Waals surface area contributed by atoms with Crippen molar-refractivity contribution in [1.82, 2.24) is 0 Å². The van der Waals surface area contributed by atoms with Crippen LogP contribution in [0.1, 0.15) is 0 Å². The van der Waals surface area contributed by atoms with E-state index in [1.54, 1.807) is 0 Å². The molecule has 0 rings (SSSR count). The first-order valence-corrected chi connectivity index (χ1v) is 1.68. The first kappa shape index (κ1) is 3.69. The fourth-order valence-electron chi connectivity index (χ4n) is 0. The average Bonchev–Trinajstić information content (AvgIpc) is 1.37. The Balaban J connectivity index is 2.55. The van der Waals surface area contributed by atoms with Crippen molar-refractivity contribution in [3.8, 4) is 0 Å². The SMILES string of the molecule is ON=C[SiH2]. The van der Waals surface area contributed by atoms with Gasteiger partial charge >= 0.3 is 0 Å². The molecule has 1 N–H and O–H groups in total. The molecule has 23 valence electrons. The number of hydrogen-bond acceptors (Lipinski definition) is 2. The van der Waals surface area contributed by atoms with Gasteiger partial charge < -0.3 is 5.21 Å². The highest BCUT2D eigenvalue weighted by Gasteiger charge is 1.35. The van der Waals surface area contributed by atoms with Gasteiger partial charge in [-0.15, -0.1) is 5.16 Å². The molecule has 2 nitrogen and oxygen atoms in total. The minimum Gasteiger partial charge on any atom is -0.411 e. The summed E-state index contributed by atoms with van der Waals surface area (Å²) in [6, 6.07) is 0. The molecule has 0 amide bonds. The van der Waals surface area contributed by atoms with Crippen LogP contribution in [0.4, 0.5) is 0 Å². The number of rotatable bonds is 0. The molecule has 0 unspecified atom stereocenters. The van der Waals surface area contributed by atoms with Crippen molar-refractivity contribution >= 4 is 16.1 Å². The van der Waals surface area contributed by atoms with Crippen molar-refractivity contribution in [2.45, 2.75) is 0 Å². The Morgan fingerprint density at radius 1 is 2.00 bits per heavy atom. The smallest absolute Gasteiger partial charge is 0.0673 e. The van der Waals surface area contributed by atoms with Crippen LogP contribution in [0.15, 0.2) is 5.16 Å². The fourth-order valence-corrected chi connectivity index (χ4v) is 0. The van der Waals surface area contributed by atoms with E-state index >= 15 is 0 Å².